The summed E-state index contributed by atoms with van der Waals surface area (Å²) in [5, 5.41) is 0. The van der Waals surface area contributed by atoms with Crippen LogP contribution in [0.4, 0.5) is 11.5 Å². The third kappa shape index (κ3) is 3.82. The molecule has 0 aliphatic carbocycles. The zero-order chi connectivity index (χ0) is 19.6. The predicted molar refractivity (Wildman–Crippen MR) is 108 cm³/mol. The summed E-state index contributed by atoms with van der Waals surface area (Å²) >= 11 is 0. The first-order chi connectivity index (χ1) is 13.5. The molecule has 0 saturated carbocycles. The third-order valence-electron chi connectivity index (χ3n) is 5.33. The Morgan fingerprint density at radius 1 is 0.929 bits per heavy atom. The molecule has 0 radical (unpaired) electrons. The van der Waals surface area contributed by atoms with Gasteiger partial charge < -0.3 is 4.90 Å². The molecule has 148 valence electrons. The van der Waals surface area contributed by atoms with Crippen LogP contribution in [0.2, 0.25) is 0 Å². The summed E-state index contributed by atoms with van der Waals surface area (Å²) in [6.07, 6.45) is 3.43. The SMILES string of the molecule is O=C(c1cccc(N2CCCCS2(=O)=O)c1)N1CCN(c2cccc[nH+]2)CC1. The first-order valence-electron chi connectivity index (χ1n) is 9.66. The first kappa shape index (κ1) is 18.7. The van der Waals surface area contributed by atoms with Crippen molar-refractivity contribution in [2.24, 2.45) is 0 Å². The molecule has 2 aliphatic heterocycles. The Morgan fingerprint density at radius 2 is 1.75 bits per heavy atom. The monoisotopic (exact) mass is 401 g/mol. The van der Waals surface area contributed by atoms with Gasteiger partial charge in [-0.1, -0.05) is 12.1 Å². The lowest BCUT2D eigenvalue weighted by Crippen LogP contribution is -2.50. The number of nitrogens with zero attached hydrogens (tertiary/aromatic N) is 3. The molecule has 8 heteroatoms. The second kappa shape index (κ2) is 7.79. The minimum Gasteiger partial charge on any atom is -0.331 e. The minimum atomic E-state index is -3.28. The largest absolute Gasteiger partial charge is 0.331 e. The molecule has 4 rings (SSSR count). The van der Waals surface area contributed by atoms with Crippen molar-refractivity contribution in [1.82, 2.24) is 4.90 Å². The van der Waals surface area contributed by atoms with E-state index in [2.05, 4.69) is 9.88 Å². The highest BCUT2D eigenvalue weighted by molar-refractivity contribution is 7.92. The zero-order valence-corrected chi connectivity index (χ0v) is 16.6. The van der Waals surface area contributed by atoms with Gasteiger partial charge in [0, 0.05) is 18.2 Å². The second-order valence-electron chi connectivity index (χ2n) is 7.17. The van der Waals surface area contributed by atoms with Crippen molar-refractivity contribution in [2.75, 3.05) is 47.7 Å². The van der Waals surface area contributed by atoms with Crippen molar-refractivity contribution in [3.05, 3.63) is 54.2 Å². The molecule has 2 aromatic rings. The van der Waals surface area contributed by atoms with Crippen molar-refractivity contribution in [3.8, 4) is 0 Å². The molecule has 1 N–H and O–H groups in total. The average Bonchev–Trinajstić information content (AvgIpc) is 2.74. The number of carbonyl (C=O) groups excluding carboxylic acids is 1. The number of aromatic amines is 1. The third-order valence-corrected chi connectivity index (χ3v) is 7.20. The number of benzene rings is 1. The first-order valence-corrected chi connectivity index (χ1v) is 11.3. The molecular weight excluding hydrogens is 376 g/mol. The fourth-order valence-corrected chi connectivity index (χ4v) is 5.42. The van der Waals surface area contributed by atoms with Crippen molar-refractivity contribution >= 4 is 27.4 Å². The van der Waals surface area contributed by atoms with Crippen LogP contribution in [0.3, 0.4) is 0 Å². The fourth-order valence-electron chi connectivity index (χ4n) is 3.79. The maximum atomic E-state index is 13.0. The van der Waals surface area contributed by atoms with Crippen LogP contribution < -0.4 is 14.2 Å². The molecule has 0 spiro atoms. The number of aromatic nitrogens is 1. The van der Waals surface area contributed by atoms with E-state index >= 15 is 0 Å². The Bertz CT molecular complexity index is 941. The standard InChI is InChI=1S/C20H24N4O3S/c25-20(23-13-11-22(12-14-23)19-8-1-2-9-21-19)17-6-5-7-18(16-17)24-10-3-4-15-28(24,26)27/h1-2,5-9,16H,3-4,10-15H2/p+1. The number of rotatable bonds is 3. The molecule has 7 nitrogen and oxygen atoms in total. The highest BCUT2D eigenvalue weighted by Crippen LogP contribution is 2.25. The number of amides is 1. The number of H-pyrrole nitrogens is 1. The van der Waals surface area contributed by atoms with E-state index in [9.17, 15) is 13.2 Å². The van der Waals surface area contributed by atoms with Gasteiger partial charge in [-0.3, -0.25) is 14.0 Å². The van der Waals surface area contributed by atoms with Crippen molar-refractivity contribution in [3.63, 3.8) is 0 Å². The maximum Gasteiger partial charge on any atom is 0.274 e. The van der Waals surface area contributed by atoms with Gasteiger partial charge in [0.2, 0.25) is 10.0 Å². The van der Waals surface area contributed by atoms with Crippen LogP contribution in [0.15, 0.2) is 48.7 Å². The number of carbonyl (C=O) groups is 1. The van der Waals surface area contributed by atoms with Gasteiger partial charge in [-0.15, -0.1) is 0 Å². The lowest BCUT2D eigenvalue weighted by Gasteiger charge is -2.31. The van der Waals surface area contributed by atoms with Crippen LogP contribution in [0, 0.1) is 0 Å². The van der Waals surface area contributed by atoms with Crippen LogP contribution >= 0.6 is 0 Å². The number of sulfonamides is 1. The zero-order valence-electron chi connectivity index (χ0n) is 15.8. The summed E-state index contributed by atoms with van der Waals surface area (Å²) in [4.78, 5) is 20.3. The molecule has 1 aromatic heterocycles. The van der Waals surface area contributed by atoms with Crippen molar-refractivity contribution < 1.29 is 18.2 Å². The molecular formula is C20H25N4O3S+. The van der Waals surface area contributed by atoms with Gasteiger partial charge in [0.05, 0.1) is 30.7 Å². The normalized spacial score (nSPS) is 19.5. The Labute approximate surface area is 165 Å². The van der Waals surface area contributed by atoms with Gasteiger partial charge in [0.1, 0.15) is 13.1 Å². The van der Waals surface area contributed by atoms with E-state index in [1.165, 1.54) is 4.31 Å². The van der Waals surface area contributed by atoms with E-state index in [0.717, 1.165) is 25.3 Å². The quantitative estimate of drug-likeness (QED) is 0.779. The lowest BCUT2D eigenvalue weighted by atomic mass is 10.1. The molecule has 0 atom stereocenters. The van der Waals surface area contributed by atoms with Gasteiger partial charge in [0.25, 0.3) is 11.7 Å². The van der Waals surface area contributed by atoms with Gasteiger partial charge in [0.15, 0.2) is 0 Å². The number of pyridine rings is 1. The smallest absolute Gasteiger partial charge is 0.274 e. The summed E-state index contributed by atoms with van der Waals surface area (Å²) in [5.41, 5.74) is 1.13. The average molecular weight is 402 g/mol. The number of hydrogen-bond donors (Lipinski definition) is 0. The molecule has 2 fully saturated rings. The Balaban J connectivity index is 1.46. The van der Waals surface area contributed by atoms with Crippen LogP contribution in [-0.4, -0.2) is 57.7 Å². The fraction of sp³-hybridized carbons (Fsp3) is 0.400. The van der Waals surface area contributed by atoms with E-state index in [0.29, 0.717) is 37.3 Å². The molecule has 1 amide bonds. The van der Waals surface area contributed by atoms with Crippen molar-refractivity contribution in [2.45, 2.75) is 12.8 Å². The Morgan fingerprint density at radius 3 is 2.46 bits per heavy atom. The van der Waals surface area contributed by atoms with E-state index < -0.39 is 10.0 Å². The molecule has 2 aliphatic rings. The summed E-state index contributed by atoms with van der Waals surface area (Å²) in [5.74, 6) is 1.17. The Hall–Kier alpha value is -2.61. The van der Waals surface area contributed by atoms with Crippen LogP contribution in [0.5, 0.6) is 0 Å². The molecule has 0 unspecified atom stereocenters. The lowest BCUT2D eigenvalue weighted by molar-refractivity contribution is -0.364. The number of anilines is 2. The van der Waals surface area contributed by atoms with Gasteiger partial charge >= 0.3 is 0 Å². The van der Waals surface area contributed by atoms with E-state index in [4.69, 9.17) is 0 Å². The molecule has 1 aromatic carbocycles. The summed E-state index contributed by atoms with van der Waals surface area (Å²) in [7, 11) is -3.28. The minimum absolute atomic E-state index is 0.0482. The van der Waals surface area contributed by atoms with Gasteiger partial charge in [-0.25, -0.2) is 13.4 Å². The highest BCUT2D eigenvalue weighted by atomic mass is 32.2. The number of piperazine rings is 1. The topological polar surface area (TPSA) is 75.1 Å². The Kier molecular flexibility index (Phi) is 5.21. The summed E-state index contributed by atoms with van der Waals surface area (Å²) in [6, 6.07) is 13.0. The van der Waals surface area contributed by atoms with E-state index in [-0.39, 0.29) is 11.7 Å². The van der Waals surface area contributed by atoms with Crippen LogP contribution in [-0.2, 0) is 10.0 Å². The van der Waals surface area contributed by atoms with Gasteiger partial charge in [-0.2, -0.15) is 0 Å². The summed E-state index contributed by atoms with van der Waals surface area (Å²) < 4.78 is 26.2. The molecule has 28 heavy (non-hydrogen) atoms. The molecule has 0 bridgehead atoms. The van der Waals surface area contributed by atoms with E-state index in [1.54, 1.807) is 24.3 Å². The van der Waals surface area contributed by atoms with Crippen molar-refractivity contribution in [1.29, 1.82) is 0 Å². The molecule has 2 saturated heterocycles. The van der Waals surface area contributed by atoms with Gasteiger partial charge in [-0.05, 0) is 37.1 Å². The second-order valence-corrected chi connectivity index (χ2v) is 9.19. The van der Waals surface area contributed by atoms with E-state index in [1.807, 2.05) is 29.3 Å². The number of hydrogen-bond acceptors (Lipinski definition) is 4. The number of nitrogens with one attached hydrogen (secondary N) is 1. The maximum absolute atomic E-state index is 13.0. The predicted octanol–water partition coefficient (Wildman–Crippen LogP) is 1.39. The highest BCUT2D eigenvalue weighted by Gasteiger charge is 2.29. The van der Waals surface area contributed by atoms with Crippen LogP contribution in [0.25, 0.3) is 0 Å². The molecule has 3 heterocycles. The summed E-state index contributed by atoms with van der Waals surface area (Å²) in [6.45, 7) is 3.26. The van der Waals surface area contributed by atoms with Crippen LogP contribution in [0.1, 0.15) is 23.2 Å².